The van der Waals surface area contributed by atoms with Crippen molar-refractivity contribution in [2.45, 2.75) is 25.8 Å². The summed E-state index contributed by atoms with van der Waals surface area (Å²) in [5.74, 6) is -1.37. The second-order valence-electron chi connectivity index (χ2n) is 4.40. The number of amides is 2. The van der Waals surface area contributed by atoms with Gasteiger partial charge in [-0.2, -0.15) is 5.10 Å². The van der Waals surface area contributed by atoms with Gasteiger partial charge in [0, 0.05) is 10.5 Å². The van der Waals surface area contributed by atoms with Gasteiger partial charge in [-0.15, -0.1) is 0 Å². The number of nitrogens with zero attached hydrogens (tertiary/aromatic N) is 1. The van der Waals surface area contributed by atoms with E-state index in [1.165, 1.54) is 0 Å². The number of halogens is 1. The van der Waals surface area contributed by atoms with E-state index in [9.17, 15) is 9.59 Å². The lowest BCUT2D eigenvalue weighted by Crippen LogP contribution is -2.39. The lowest BCUT2D eigenvalue weighted by atomic mass is 10.1. The van der Waals surface area contributed by atoms with Gasteiger partial charge in [0.2, 0.25) is 0 Å². The summed E-state index contributed by atoms with van der Waals surface area (Å²) in [5, 5.41) is 6.52. The Morgan fingerprint density at radius 2 is 2.05 bits per heavy atom. The van der Waals surface area contributed by atoms with Crippen LogP contribution in [0.15, 0.2) is 33.8 Å². The minimum absolute atomic E-state index is 0.161. The predicted molar refractivity (Wildman–Crippen MR) is 75.7 cm³/mol. The van der Waals surface area contributed by atoms with Crippen LogP contribution in [0.3, 0.4) is 0 Å². The highest BCUT2D eigenvalue weighted by Gasteiger charge is 2.26. The zero-order valence-corrected chi connectivity index (χ0v) is 12.0. The fraction of sp³-hybridized carbons (Fsp3) is 0.308. The van der Waals surface area contributed by atoms with E-state index in [-0.39, 0.29) is 6.04 Å². The standard InChI is InChI=1S/C13H14BrN3O2/c1-8(9-3-2-4-10(14)7-9)16-17-13(19)12(18)15-11-5-6-11/h2-4,7,11H,5-6H2,1H3,(H,15,18)(H,17,19)/b16-8-. The van der Waals surface area contributed by atoms with Crippen molar-refractivity contribution in [3.63, 3.8) is 0 Å². The number of benzene rings is 1. The van der Waals surface area contributed by atoms with Crippen molar-refractivity contribution < 1.29 is 9.59 Å². The van der Waals surface area contributed by atoms with Crippen LogP contribution in [0.4, 0.5) is 0 Å². The maximum atomic E-state index is 11.5. The third kappa shape index (κ3) is 4.17. The van der Waals surface area contributed by atoms with E-state index >= 15 is 0 Å². The molecule has 1 aromatic rings. The lowest BCUT2D eigenvalue weighted by molar-refractivity contribution is -0.139. The molecule has 5 nitrogen and oxygen atoms in total. The van der Waals surface area contributed by atoms with Crippen molar-refractivity contribution in [3.05, 3.63) is 34.3 Å². The monoisotopic (exact) mass is 323 g/mol. The van der Waals surface area contributed by atoms with E-state index < -0.39 is 11.8 Å². The molecule has 1 aliphatic carbocycles. The summed E-state index contributed by atoms with van der Waals surface area (Å²) in [6.07, 6.45) is 1.89. The summed E-state index contributed by atoms with van der Waals surface area (Å²) in [6.45, 7) is 1.76. The predicted octanol–water partition coefficient (Wildman–Crippen LogP) is 1.57. The summed E-state index contributed by atoms with van der Waals surface area (Å²) in [6, 6.07) is 7.70. The molecule has 0 bridgehead atoms. The van der Waals surface area contributed by atoms with Crippen molar-refractivity contribution in [2.24, 2.45) is 5.10 Å². The number of carbonyl (C=O) groups is 2. The number of nitrogens with one attached hydrogen (secondary N) is 2. The third-order valence-corrected chi connectivity index (χ3v) is 3.18. The first-order valence-electron chi connectivity index (χ1n) is 5.97. The zero-order chi connectivity index (χ0) is 13.8. The minimum atomic E-state index is -0.735. The summed E-state index contributed by atoms with van der Waals surface area (Å²) in [4.78, 5) is 22.9. The van der Waals surface area contributed by atoms with Crippen LogP contribution in [-0.2, 0) is 9.59 Å². The average molecular weight is 324 g/mol. The molecule has 2 N–H and O–H groups in total. The van der Waals surface area contributed by atoms with Crippen LogP contribution in [0.5, 0.6) is 0 Å². The Balaban J connectivity index is 1.93. The molecule has 2 rings (SSSR count). The van der Waals surface area contributed by atoms with Crippen LogP contribution >= 0.6 is 15.9 Å². The van der Waals surface area contributed by atoms with E-state index in [1.807, 2.05) is 24.3 Å². The third-order valence-electron chi connectivity index (χ3n) is 2.69. The highest BCUT2D eigenvalue weighted by atomic mass is 79.9. The van der Waals surface area contributed by atoms with E-state index in [0.717, 1.165) is 22.9 Å². The van der Waals surface area contributed by atoms with Crippen molar-refractivity contribution >= 4 is 33.5 Å². The van der Waals surface area contributed by atoms with E-state index in [2.05, 4.69) is 31.8 Å². The quantitative estimate of drug-likeness (QED) is 0.503. The molecule has 0 heterocycles. The van der Waals surface area contributed by atoms with Crippen LogP contribution in [0.1, 0.15) is 25.3 Å². The van der Waals surface area contributed by atoms with Crippen LogP contribution < -0.4 is 10.7 Å². The fourth-order valence-electron chi connectivity index (χ4n) is 1.44. The molecule has 1 aliphatic rings. The van der Waals surface area contributed by atoms with Crippen LogP contribution in [0.2, 0.25) is 0 Å². The highest BCUT2D eigenvalue weighted by Crippen LogP contribution is 2.18. The molecule has 0 saturated heterocycles. The molecule has 0 spiro atoms. The van der Waals surface area contributed by atoms with Crippen molar-refractivity contribution in [1.82, 2.24) is 10.7 Å². The Bertz CT molecular complexity index is 538. The molecule has 0 aliphatic heterocycles. The van der Waals surface area contributed by atoms with Gasteiger partial charge in [0.15, 0.2) is 0 Å². The molecule has 100 valence electrons. The van der Waals surface area contributed by atoms with Gasteiger partial charge in [0.1, 0.15) is 0 Å². The van der Waals surface area contributed by atoms with Gasteiger partial charge in [0.05, 0.1) is 5.71 Å². The number of hydrogen-bond acceptors (Lipinski definition) is 3. The van der Waals surface area contributed by atoms with Crippen molar-refractivity contribution in [3.8, 4) is 0 Å². The Morgan fingerprint density at radius 3 is 2.68 bits per heavy atom. The first kappa shape index (κ1) is 13.7. The Labute approximate surface area is 119 Å². The Hall–Kier alpha value is -1.69. The Kier molecular flexibility index (Phi) is 4.31. The number of rotatable bonds is 3. The van der Waals surface area contributed by atoms with Gasteiger partial charge >= 0.3 is 11.8 Å². The molecule has 0 unspecified atom stereocenters. The molecule has 6 heteroatoms. The van der Waals surface area contributed by atoms with Gasteiger partial charge in [-0.1, -0.05) is 28.1 Å². The first-order valence-corrected chi connectivity index (χ1v) is 6.76. The molecule has 0 radical (unpaired) electrons. The SMILES string of the molecule is C/C(=N/NC(=O)C(=O)NC1CC1)c1cccc(Br)c1. The first-order chi connectivity index (χ1) is 9.06. The van der Waals surface area contributed by atoms with Crippen molar-refractivity contribution in [2.75, 3.05) is 0 Å². The van der Waals surface area contributed by atoms with E-state index in [1.54, 1.807) is 6.92 Å². The maximum absolute atomic E-state index is 11.5. The van der Waals surface area contributed by atoms with Gasteiger partial charge in [-0.3, -0.25) is 9.59 Å². The molecule has 0 aromatic heterocycles. The molecule has 1 fully saturated rings. The van der Waals surface area contributed by atoms with Gasteiger partial charge < -0.3 is 5.32 Å². The largest absolute Gasteiger partial charge is 0.345 e. The van der Waals surface area contributed by atoms with Crippen LogP contribution in [0, 0.1) is 0 Å². The topological polar surface area (TPSA) is 70.6 Å². The minimum Gasteiger partial charge on any atom is -0.345 e. The number of hydrazone groups is 1. The molecule has 1 aromatic carbocycles. The van der Waals surface area contributed by atoms with E-state index in [4.69, 9.17) is 0 Å². The number of carbonyl (C=O) groups excluding carboxylic acids is 2. The molecule has 19 heavy (non-hydrogen) atoms. The smallest absolute Gasteiger partial charge is 0.329 e. The molecule has 0 atom stereocenters. The fourth-order valence-corrected chi connectivity index (χ4v) is 1.84. The second-order valence-corrected chi connectivity index (χ2v) is 5.31. The maximum Gasteiger partial charge on any atom is 0.329 e. The van der Waals surface area contributed by atoms with Gasteiger partial charge in [-0.25, -0.2) is 5.43 Å². The number of hydrogen-bond donors (Lipinski definition) is 2. The average Bonchev–Trinajstić information content (AvgIpc) is 3.19. The van der Waals surface area contributed by atoms with Gasteiger partial charge in [-0.05, 0) is 37.5 Å². The molecule has 2 amide bonds. The van der Waals surface area contributed by atoms with Gasteiger partial charge in [0.25, 0.3) is 0 Å². The molecular formula is C13H14BrN3O2. The molecule has 1 saturated carbocycles. The second kappa shape index (κ2) is 5.97. The summed E-state index contributed by atoms with van der Waals surface area (Å²) in [5.41, 5.74) is 3.76. The van der Waals surface area contributed by atoms with E-state index in [0.29, 0.717) is 5.71 Å². The summed E-state index contributed by atoms with van der Waals surface area (Å²) < 4.78 is 0.928. The Morgan fingerprint density at radius 1 is 1.32 bits per heavy atom. The summed E-state index contributed by atoms with van der Waals surface area (Å²) >= 11 is 3.36. The van der Waals surface area contributed by atoms with Crippen LogP contribution in [-0.4, -0.2) is 23.6 Å². The lowest BCUT2D eigenvalue weighted by Gasteiger charge is -2.04. The molecular weight excluding hydrogens is 310 g/mol. The normalized spacial score (nSPS) is 14.9. The summed E-state index contributed by atoms with van der Waals surface area (Å²) in [7, 11) is 0. The zero-order valence-electron chi connectivity index (χ0n) is 10.4. The van der Waals surface area contributed by atoms with Crippen LogP contribution in [0.25, 0.3) is 0 Å². The highest BCUT2D eigenvalue weighted by molar-refractivity contribution is 9.10. The van der Waals surface area contributed by atoms with Crippen molar-refractivity contribution in [1.29, 1.82) is 0 Å².